The summed E-state index contributed by atoms with van der Waals surface area (Å²) in [6.07, 6.45) is 5.57. The molecule has 0 saturated carbocycles. The van der Waals surface area contributed by atoms with Gasteiger partial charge in [-0.15, -0.1) is 30.6 Å². The standard InChI is InChI=1S/C25H26N6O2.C23H21N5O2.C18H21N5O3S.6H2/c1-16-23(25-30-29-24(33-25)20-7-5-6-8-22(20)32-14-13-26)28-21(15-27-16)19-11-9-18(10-12-19)17(2)31(3)4;1-14-21(23-27-26-22(30-23)18-7-5-6-8-20(18)29)25-19(13-24-14)17-11-9-16(10-12-17)15(2)28(3)4;1-11(2)27(24,25)14-6-4-13(5-7-14)15-10-20-12(3)17(21-15)18-23-22-16(26-18)8-9-19;;;;;;/h5-12,15H,2,13-14,26H2,1,3-4H3;5-13,29H,2H2,1,3-4H3;4-7,10-11H,8-9,19H2,1-3H3;6*1H. The fourth-order valence-electron chi connectivity index (χ4n) is 8.67. The number of ether oxygens (including phenoxy) is 1. The molecule has 0 radical (unpaired) electrons. The van der Waals surface area contributed by atoms with E-state index >= 15 is 0 Å². The molecule has 6 heterocycles. The number of rotatable bonds is 19. The third kappa shape index (κ3) is 14.8. The first kappa shape index (κ1) is 63.8. The Labute approximate surface area is 530 Å². The van der Waals surface area contributed by atoms with Crippen LogP contribution in [0.3, 0.4) is 0 Å². The number of aryl methyl sites for hydroxylation is 3. The molecule has 0 bridgehead atoms. The van der Waals surface area contributed by atoms with Gasteiger partial charge in [0.1, 0.15) is 35.2 Å². The van der Waals surface area contributed by atoms with E-state index < -0.39 is 15.1 Å². The summed E-state index contributed by atoms with van der Waals surface area (Å²) in [5, 5.41) is 34.1. The molecule has 0 aliphatic rings. The fourth-order valence-corrected chi connectivity index (χ4v) is 9.73. The number of aromatic hydroxyl groups is 1. The van der Waals surface area contributed by atoms with Crippen molar-refractivity contribution in [1.29, 1.82) is 0 Å². The van der Waals surface area contributed by atoms with Crippen LogP contribution in [0.1, 0.15) is 56.5 Å². The van der Waals surface area contributed by atoms with E-state index in [2.05, 4.69) is 63.7 Å². The fraction of sp³-hybridized carbons (Fsp3) is 0.212. The summed E-state index contributed by atoms with van der Waals surface area (Å²) in [6, 6.07) is 36.9. The van der Waals surface area contributed by atoms with E-state index in [0.717, 1.165) is 39.2 Å². The lowest BCUT2D eigenvalue weighted by atomic mass is 10.1. The van der Waals surface area contributed by atoms with Crippen LogP contribution >= 0.6 is 0 Å². The summed E-state index contributed by atoms with van der Waals surface area (Å²) >= 11 is 0. The van der Waals surface area contributed by atoms with Gasteiger partial charge in [-0.25, -0.2) is 23.4 Å². The van der Waals surface area contributed by atoms with Crippen LogP contribution in [-0.4, -0.2) is 137 Å². The summed E-state index contributed by atoms with van der Waals surface area (Å²) in [6.45, 7) is 18.2. The topological polar surface area (TPSA) is 316 Å². The van der Waals surface area contributed by atoms with Crippen molar-refractivity contribution >= 4 is 21.2 Å². The van der Waals surface area contributed by atoms with Crippen molar-refractivity contribution < 1.29 is 40.1 Å². The minimum atomic E-state index is -3.32. The molecule has 90 heavy (non-hydrogen) atoms. The Morgan fingerprint density at radius 3 is 1.38 bits per heavy atom. The van der Waals surface area contributed by atoms with E-state index in [4.69, 9.17) is 39.4 Å². The number of hydrogen-bond acceptors (Lipinski definition) is 23. The van der Waals surface area contributed by atoms with E-state index in [9.17, 15) is 13.5 Å². The van der Waals surface area contributed by atoms with Crippen LogP contribution in [0.4, 0.5) is 0 Å². The molecule has 24 heteroatoms. The Bertz CT molecular complexity index is 4440. The van der Waals surface area contributed by atoms with E-state index in [1.807, 2.05) is 125 Å². The number of nitrogens with two attached hydrogens (primary N) is 2. The van der Waals surface area contributed by atoms with Crippen molar-refractivity contribution in [2.45, 2.75) is 51.2 Å². The summed E-state index contributed by atoms with van der Waals surface area (Å²) in [4.78, 5) is 31.6. The Morgan fingerprint density at radius 1 is 0.544 bits per heavy atom. The number of aromatic nitrogens is 12. The van der Waals surface area contributed by atoms with E-state index in [1.165, 1.54) is 0 Å². The van der Waals surface area contributed by atoms with Gasteiger partial charge in [0, 0.05) is 84.3 Å². The Morgan fingerprint density at radius 2 is 0.944 bits per heavy atom. The summed E-state index contributed by atoms with van der Waals surface area (Å²) in [5.41, 5.74) is 24.3. The molecule has 0 fully saturated rings. The molecular weight excluding hydrogens is 1160 g/mol. The number of benzene rings is 5. The maximum absolute atomic E-state index is 12.3. The minimum Gasteiger partial charge on any atom is -0.507 e. The lowest BCUT2D eigenvalue weighted by Gasteiger charge is -2.16. The number of sulfone groups is 1. The third-order valence-corrected chi connectivity index (χ3v) is 16.2. The SMILES string of the molecule is C=C(c1ccc(-c2cnc(C)c(-c3nnc(-c4ccccc4O)o3)n2)cc1)N(C)C.C=C(c1ccc(-c2cnc(C)c(-c3nnc(-c4ccccc4OCCN)o3)n2)cc1)N(C)C.Cc1ncc(-c2ccc(S(=O)(=O)C(C)C)cc2)nc1-c1nnc(CCN)o1.[HH].[HH].[HH].[HH].[HH].[HH]. The van der Waals surface area contributed by atoms with Crippen LogP contribution in [0.15, 0.2) is 171 Å². The quantitative estimate of drug-likeness (QED) is 0.0677. The van der Waals surface area contributed by atoms with E-state index in [-0.39, 0.29) is 36.9 Å². The van der Waals surface area contributed by atoms with Crippen molar-refractivity contribution in [2.75, 3.05) is 47.9 Å². The highest BCUT2D eigenvalue weighted by Gasteiger charge is 2.23. The van der Waals surface area contributed by atoms with Crippen molar-refractivity contribution in [1.82, 2.24) is 70.3 Å². The second-order valence-corrected chi connectivity index (χ2v) is 23.5. The number of nitrogens with zero attached hydrogens (tertiary/aromatic N) is 14. The molecule has 5 N–H and O–H groups in total. The van der Waals surface area contributed by atoms with Gasteiger partial charge in [0.05, 0.1) is 74.0 Å². The molecule has 472 valence electrons. The van der Waals surface area contributed by atoms with Crippen LogP contribution in [0.5, 0.6) is 11.5 Å². The van der Waals surface area contributed by atoms with Crippen molar-refractivity contribution in [3.8, 4) is 103 Å². The lowest BCUT2D eigenvalue weighted by Crippen LogP contribution is -2.13. The number of phenols is 1. The predicted molar refractivity (Wildman–Crippen MR) is 357 cm³/mol. The van der Waals surface area contributed by atoms with Gasteiger partial charge in [-0.2, -0.15) is 0 Å². The second kappa shape index (κ2) is 28.4. The van der Waals surface area contributed by atoms with Crippen LogP contribution in [0, 0.1) is 20.8 Å². The molecule has 0 atom stereocenters. The molecule has 23 nitrogen and oxygen atoms in total. The Hall–Kier alpha value is -10.7. The molecule has 11 aromatic rings. The van der Waals surface area contributed by atoms with E-state index in [0.29, 0.717) is 112 Å². The zero-order valence-corrected chi connectivity index (χ0v) is 52.1. The van der Waals surface area contributed by atoms with Crippen molar-refractivity contribution in [3.63, 3.8) is 0 Å². The molecule has 0 unspecified atom stereocenters. The van der Waals surface area contributed by atoms with Gasteiger partial charge in [0.25, 0.3) is 29.5 Å². The van der Waals surface area contributed by atoms with Gasteiger partial charge < -0.3 is 44.4 Å². The smallest absolute Gasteiger partial charge is 0.268 e. The van der Waals surface area contributed by atoms with Crippen LogP contribution in [-0.2, 0) is 16.3 Å². The summed E-state index contributed by atoms with van der Waals surface area (Å²) in [5.74, 6) is 2.54. The lowest BCUT2D eigenvalue weighted by molar-refractivity contribution is 0.328. The highest BCUT2D eigenvalue weighted by molar-refractivity contribution is 7.92. The molecule has 0 aliphatic heterocycles. The molecule has 0 spiro atoms. The van der Waals surface area contributed by atoms with Crippen LogP contribution < -0.4 is 16.2 Å². The van der Waals surface area contributed by atoms with Crippen LogP contribution in [0.2, 0.25) is 0 Å². The highest BCUT2D eigenvalue weighted by Crippen LogP contribution is 2.34. The first-order chi connectivity index (χ1) is 43.2. The predicted octanol–water partition coefficient (Wildman–Crippen LogP) is 12.1. The van der Waals surface area contributed by atoms with Crippen LogP contribution in [0.25, 0.3) is 103 Å². The molecule has 0 amide bonds. The molecule has 5 aromatic carbocycles. The summed E-state index contributed by atoms with van der Waals surface area (Å²) in [7, 11) is 4.54. The van der Waals surface area contributed by atoms with Gasteiger partial charge in [0.15, 0.2) is 9.84 Å². The molecule has 6 aromatic heterocycles. The van der Waals surface area contributed by atoms with Gasteiger partial charge in [-0.05, 0) is 82.1 Å². The van der Waals surface area contributed by atoms with Crippen molar-refractivity contribution in [3.05, 3.63) is 187 Å². The Balaban J connectivity index is 0.000000365. The van der Waals surface area contributed by atoms with Gasteiger partial charge in [0.2, 0.25) is 5.89 Å². The average molecular weight is 1240 g/mol. The maximum atomic E-state index is 12.3. The normalized spacial score (nSPS) is 11.1. The minimum absolute atomic E-state index is 0. The zero-order chi connectivity index (χ0) is 64.2. The Kier molecular flexibility index (Phi) is 20.2. The van der Waals surface area contributed by atoms with E-state index in [1.54, 1.807) is 87.9 Å². The number of hydrogen-bond donors (Lipinski definition) is 3. The average Bonchev–Trinajstić information content (AvgIpc) is 1.44. The van der Waals surface area contributed by atoms with Gasteiger partial charge >= 0.3 is 0 Å². The molecular formula is C66H80N16O7S. The maximum Gasteiger partial charge on any atom is 0.268 e. The number of phenolic OH excluding ortho intramolecular Hbond substituents is 1. The summed E-state index contributed by atoms with van der Waals surface area (Å²) < 4.78 is 47.6. The molecule has 11 rings (SSSR count). The largest absolute Gasteiger partial charge is 0.507 e. The van der Waals surface area contributed by atoms with Gasteiger partial charge in [-0.3, -0.25) is 15.0 Å². The highest BCUT2D eigenvalue weighted by atomic mass is 32.2. The molecule has 0 aliphatic carbocycles. The first-order valence-electron chi connectivity index (χ1n) is 28.4. The first-order valence-corrected chi connectivity index (χ1v) is 30.0. The van der Waals surface area contributed by atoms with Crippen molar-refractivity contribution in [2.24, 2.45) is 11.5 Å². The van der Waals surface area contributed by atoms with Gasteiger partial charge in [-0.1, -0.05) is 98.1 Å². The number of para-hydroxylation sites is 2. The third-order valence-electron chi connectivity index (χ3n) is 14.0. The molecule has 0 saturated heterocycles. The zero-order valence-electron chi connectivity index (χ0n) is 51.3. The monoisotopic (exact) mass is 1240 g/mol. The second-order valence-electron chi connectivity index (χ2n) is 21.0.